The Kier molecular flexibility index (Phi) is 8.80. The van der Waals surface area contributed by atoms with E-state index in [1.54, 1.807) is 0 Å². The number of rotatable bonds is 9. The Bertz CT molecular complexity index is 295. The van der Waals surface area contributed by atoms with E-state index in [9.17, 15) is 8.42 Å². The van der Waals surface area contributed by atoms with Crippen LogP contribution < -0.4 is 4.72 Å². The summed E-state index contributed by atoms with van der Waals surface area (Å²) in [4.78, 5) is 3.80. The minimum atomic E-state index is -3.01. The number of thiocarbonyl (C=S) groups is 1. The summed E-state index contributed by atoms with van der Waals surface area (Å²) in [7, 11) is -1.57. The third-order valence-electron chi connectivity index (χ3n) is 2.06. The summed E-state index contributed by atoms with van der Waals surface area (Å²) in [5, 5.41) is 2.32. The van der Waals surface area contributed by atoms with E-state index >= 15 is 0 Å². The average Bonchev–Trinajstić information content (AvgIpc) is 2.22. The Labute approximate surface area is 97.2 Å². The summed E-state index contributed by atoms with van der Waals surface area (Å²) >= 11 is 4.44. The van der Waals surface area contributed by atoms with Gasteiger partial charge in [0.05, 0.1) is 10.9 Å². The molecule has 0 aliphatic carbocycles. The molecule has 1 N–H and O–H groups in total. The van der Waals surface area contributed by atoms with E-state index in [2.05, 4.69) is 27.1 Å². The van der Waals surface area contributed by atoms with Gasteiger partial charge >= 0.3 is 0 Å². The fraction of sp³-hybridized carbons (Fsp3) is 0.889. The van der Waals surface area contributed by atoms with Gasteiger partial charge in [0.1, 0.15) is 0 Å². The molecule has 0 aliphatic heterocycles. The molecule has 0 heterocycles. The third-order valence-corrected chi connectivity index (χ3v) is 3.64. The number of nitrogens with one attached hydrogen (secondary N) is 1. The number of sulfonamides is 1. The highest BCUT2D eigenvalue weighted by atomic mass is 32.2. The van der Waals surface area contributed by atoms with E-state index in [4.69, 9.17) is 0 Å². The molecule has 0 rings (SSSR count). The Hall–Kier alpha value is -0.290. The molecule has 0 bridgehead atoms. The first-order valence-corrected chi connectivity index (χ1v) is 7.13. The van der Waals surface area contributed by atoms with Crippen LogP contribution in [0.3, 0.4) is 0 Å². The molecular weight excluding hydrogens is 232 g/mol. The number of hydrogen-bond donors (Lipinski definition) is 1. The monoisotopic (exact) mass is 250 g/mol. The first-order chi connectivity index (χ1) is 7.12. The van der Waals surface area contributed by atoms with E-state index in [-0.39, 0.29) is 5.75 Å². The van der Waals surface area contributed by atoms with E-state index in [1.807, 2.05) is 0 Å². The van der Waals surface area contributed by atoms with Crippen LogP contribution in [0.4, 0.5) is 0 Å². The van der Waals surface area contributed by atoms with Gasteiger partial charge in [-0.05, 0) is 32.1 Å². The number of hydrogen-bond acceptors (Lipinski definition) is 4. The standard InChI is InChI=1S/C9H18N2O2S2/c1-10-15(12,13)8-6-4-2-3-5-7-11-9-14/h10H,2-8H2,1H3. The van der Waals surface area contributed by atoms with Gasteiger partial charge in [-0.15, -0.1) is 0 Å². The van der Waals surface area contributed by atoms with Crippen molar-refractivity contribution in [2.75, 3.05) is 19.3 Å². The molecule has 0 radical (unpaired) electrons. The van der Waals surface area contributed by atoms with Crippen molar-refractivity contribution in [2.45, 2.75) is 32.1 Å². The summed E-state index contributed by atoms with van der Waals surface area (Å²) in [6, 6.07) is 0. The van der Waals surface area contributed by atoms with Crippen LogP contribution in [0, 0.1) is 0 Å². The second-order valence-corrected chi connectivity index (χ2v) is 5.49. The predicted octanol–water partition coefficient (Wildman–Crippen LogP) is 1.59. The van der Waals surface area contributed by atoms with Gasteiger partial charge in [-0.1, -0.05) is 19.3 Å². The van der Waals surface area contributed by atoms with Crippen LogP contribution >= 0.6 is 12.2 Å². The fourth-order valence-corrected chi connectivity index (χ4v) is 2.04. The Morgan fingerprint density at radius 3 is 2.40 bits per heavy atom. The molecule has 0 atom stereocenters. The van der Waals surface area contributed by atoms with Gasteiger partial charge in [0, 0.05) is 6.54 Å². The lowest BCUT2D eigenvalue weighted by Crippen LogP contribution is -2.21. The summed E-state index contributed by atoms with van der Waals surface area (Å²) in [6.07, 6.45) is 4.79. The molecule has 0 amide bonds. The lowest BCUT2D eigenvalue weighted by atomic mass is 10.1. The lowest BCUT2D eigenvalue weighted by molar-refractivity contribution is 0.578. The van der Waals surface area contributed by atoms with E-state index in [0.717, 1.165) is 38.6 Å². The van der Waals surface area contributed by atoms with Crippen molar-refractivity contribution in [2.24, 2.45) is 4.99 Å². The maximum Gasteiger partial charge on any atom is 0.211 e. The zero-order valence-electron chi connectivity index (χ0n) is 9.03. The van der Waals surface area contributed by atoms with Crippen LogP contribution in [0.5, 0.6) is 0 Å². The molecule has 0 aromatic rings. The van der Waals surface area contributed by atoms with Crippen LogP contribution in [0.1, 0.15) is 32.1 Å². The number of isothiocyanates is 1. The zero-order chi connectivity index (χ0) is 11.6. The van der Waals surface area contributed by atoms with E-state index in [0.29, 0.717) is 0 Å². The molecule has 88 valence electrons. The maximum absolute atomic E-state index is 11.0. The van der Waals surface area contributed by atoms with Crippen LogP contribution in [-0.4, -0.2) is 32.9 Å². The third kappa shape index (κ3) is 10.0. The Morgan fingerprint density at radius 1 is 1.20 bits per heavy atom. The molecular formula is C9H18N2O2S2. The van der Waals surface area contributed by atoms with Gasteiger partial charge < -0.3 is 0 Å². The summed E-state index contributed by atoms with van der Waals surface area (Å²) in [5.74, 6) is 0.224. The second-order valence-electron chi connectivity index (χ2n) is 3.26. The van der Waals surface area contributed by atoms with Crippen LogP contribution in [0.15, 0.2) is 4.99 Å². The van der Waals surface area contributed by atoms with Gasteiger partial charge in [-0.25, -0.2) is 18.1 Å². The number of unbranched alkanes of at least 4 members (excludes halogenated alkanes) is 4. The molecule has 0 saturated carbocycles. The minimum Gasteiger partial charge on any atom is -0.233 e. The van der Waals surface area contributed by atoms with E-state index < -0.39 is 10.0 Å². The first-order valence-electron chi connectivity index (χ1n) is 5.07. The fourth-order valence-electron chi connectivity index (χ4n) is 1.16. The quantitative estimate of drug-likeness (QED) is 0.384. The van der Waals surface area contributed by atoms with Gasteiger partial charge in [0.15, 0.2) is 0 Å². The van der Waals surface area contributed by atoms with Crippen molar-refractivity contribution >= 4 is 27.4 Å². The Morgan fingerprint density at radius 2 is 1.80 bits per heavy atom. The zero-order valence-corrected chi connectivity index (χ0v) is 10.7. The highest BCUT2D eigenvalue weighted by Gasteiger charge is 2.04. The summed E-state index contributed by atoms with van der Waals surface area (Å²) < 4.78 is 24.4. The molecule has 6 heteroatoms. The largest absolute Gasteiger partial charge is 0.233 e. The highest BCUT2D eigenvalue weighted by Crippen LogP contribution is 2.04. The average molecular weight is 250 g/mol. The summed E-state index contributed by atoms with van der Waals surface area (Å²) in [6.45, 7) is 0.734. The Balaban J connectivity index is 3.29. The van der Waals surface area contributed by atoms with Gasteiger partial charge in [0.25, 0.3) is 0 Å². The van der Waals surface area contributed by atoms with Crippen molar-refractivity contribution in [3.8, 4) is 0 Å². The SMILES string of the molecule is CNS(=O)(=O)CCCCCCCN=C=S. The molecule has 4 nitrogen and oxygen atoms in total. The van der Waals surface area contributed by atoms with Crippen LogP contribution in [0.25, 0.3) is 0 Å². The minimum absolute atomic E-state index is 0.224. The summed E-state index contributed by atoms with van der Waals surface area (Å²) in [5.41, 5.74) is 0. The molecule has 0 aromatic carbocycles. The van der Waals surface area contributed by atoms with Crippen LogP contribution in [0.2, 0.25) is 0 Å². The van der Waals surface area contributed by atoms with Gasteiger partial charge in [0.2, 0.25) is 10.0 Å². The van der Waals surface area contributed by atoms with Gasteiger partial charge in [-0.3, -0.25) is 0 Å². The lowest BCUT2D eigenvalue weighted by Gasteiger charge is -2.01. The topological polar surface area (TPSA) is 58.5 Å². The van der Waals surface area contributed by atoms with Crippen molar-refractivity contribution in [3.05, 3.63) is 0 Å². The normalized spacial score (nSPS) is 11.0. The predicted molar refractivity (Wildman–Crippen MR) is 65.8 cm³/mol. The number of nitrogens with zero attached hydrogens (tertiary/aromatic N) is 1. The first kappa shape index (κ1) is 14.7. The molecule has 0 spiro atoms. The molecule has 0 fully saturated rings. The maximum atomic E-state index is 11.0. The molecule has 15 heavy (non-hydrogen) atoms. The van der Waals surface area contributed by atoms with E-state index in [1.165, 1.54) is 7.05 Å². The van der Waals surface area contributed by atoms with Crippen LogP contribution in [-0.2, 0) is 10.0 Å². The number of aliphatic imine (C=N–C) groups is 1. The van der Waals surface area contributed by atoms with Crippen molar-refractivity contribution in [3.63, 3.8) is 0 Å². The van der Waals surface area contributed by atoms with Crippen molar-refractivity contribution in [1.82, 2.24) is 4.72 Å². The van der Waals surface area contributed by atoms with Crippen molar-refractivity contribution in [1.29, 1.82) is 0 Å². The molecule has 0 saturated heterocycles. The smallest absolute Gasteiger partial charge is 0.211 e. The highest BCUT2D eigenvalue weighted by molar-refractivity contribution is 7.89. The second kappa shape index (κ2) is 8.97. The molecule has 0 aliphatic rings. The molecule has 0 unspecified atom stereocenters. The van der Waals surface area contributed by atoms with Gasteiger partial charge in [-0.2, -0.15) is 0 Å². The van der Waals surface area contributed by atoms with Crippen molar-refractivity contribution < 1.29 is 8.42 Å². The molecule has 0 aromatic heterocycles.